The Hall–Kier alpha value is 1.45. The van der Waals surface area contributed by atoms with Gasteiger partial charge in [0, 0.05) is 0 Å². The molecule has 0 aromatic heterocycles. The zero-order valence-electron chi connectivity index (χ0n) is 7.06. The van der Waals surface area contributed by atoms with Gasteiger partial charge in [0.1, 0.15) is 0 Å². The minimum Gasteiger partial charge on any atom is -0.147 e. The molecule has 64 valence electrons. The molecule has 10 heavy (non-hydrogen) atoms. The first kappa shape index (κ1) is 17.5. The van der Waals surface area contributed by atoms with E-state index in [1.165, 1.54) is 32.1 Å². The molecule has 0 fully saturated rings. The maximum atomic E-state index is 2.27. The third-order valence-corrected chi connectivity index (χ3v) is 3.48. The molecule has 0 radical (unpaired) electrons. The van der Waals surface area contributed by atoms with E-state index in [4.69, 9.17) is 0 Å². The summed E-state index contributed by atoms with van der Waals surface area (Å²) in [6.45, 7) is 2.27. The van der Waals surface area contributed by atoms with Crippen molar-refractivity contribution >= 4 is 49.2 Å². The number of hydrogen-bond donors (Lipinski definition) is 0. The molecule has 0 atom stereocenters. The number of unbranched alkanes of at least 4 members (excludes halogenated alkanes) is 4. The SMILES string of the molecule is CCCCCC[CH2][InH2].Cl.Cl. The quantitative estimate of drug-likeness (QED) is 0.683. The average molecular weight is 289 g/mol. The zero-order valence-corrected chi connectivity index (χ0v) is 14.4. The molecule has 0 unspecified atom stereocenters. The summed E-state index contributed by atoms with van der Waals surface area (Å²) in [5.41, 5.74) is 0. The Balaban J connectivity index is -0.000000245. The summed E-state index contributed by atoms with van der Waals surface area (Å²) >= 11 is 0.973. The Morgan fingerprint density at radius 3 is 1.80 bits per heavy atom. The van der Waals surface area contributed by atoms with Crippen LogP contribution in [0.5, 0.6) is 0 Å². The summed E-state index contributed by atoms with van der Waals surface area (Å²) in [7, 11) is 0. The van der Waals surface area contributed by atoms with E-state index < -0.39 is 0 Å². The second kappa shape index (κ2) is 16.8. The van der Waals surface area contributed by atoms with Crippen LogP contribution in [-0.2, 0) is 0 Å². The van der Waals surface area contributed by atoms with Gasteiger partial charge < -0.3 is 0 Å². The molecule has 0 aromatic rings. The van der Waals surface area contributed by atoms with E-state index in [1.807, 2.05) is 0 Å². The van der Waals surface area contributed by atoms with Crippen LogP contribution in [0.3, 0.4) is 0 Å². The number of halogens is 2. The molecular formula is C7H19Cl2In. The van der Waals surface area contributed by atoms with Crippen molar-refractivity contribution in [2.24, 2.45) is 0 Å². The topological polar surface area (TPSA) is 0 Å². The number of rotatable bonds is 5. The van der Waals surface area contributed by atoms with Crippen LogP contribution in [0.15, 0.2) is 0 Å². The molecule has 0 N–H and O–H groups in total. The Bertz CT molecular complexity index is 36.6. The normalized spacial score (nSPS) is 7.70. The molecule has 0 aromatic carbocycles. The van der Waals surface area contributed by atoms with Crippen LogP contribution in [0.4, 0.5) is 0 Å². The third-order valence-electron chi connectivity index (χ3n) is 1.46. The van der Waals surface area contributed by atoms with E-state index in [9.17, 15) is 0 Å². The summed E-state index contributed by atoms with van der Waals surface area (Å²) in [5.74, 6) is 0. The molecule has 0 saturated heterocycles. The van der Waals surface area contributed by atoms with Crippen molar-refractivity contribution in [1.82, 2.24) is 0 Å². The predicted octanol–water partition coefficient (Wildman–Crippen LogP) is 2.85. The molecule has 0 saturated carbocycles. The summed E-state index contributed by atoms with van der Waals surface area (Å²) in [4.78, 5) is 0. The molecule has 0 nitrogen and oxygen atoms in total. The van der Waals surface area contributed by atoms with Gasteiger partial charge in [-0.25, -0.2) is 0 Å². The van der Waals surface area contributed by atoms with Gasteiger partial charge in [-0.1, -0.05) is 0 Å². The van der Waals surface area contributed by atoms with Crippen LogP contribution in [0.25, 0.3) is 0 Å². The Morgan fingerprint density at radius 2 is 1.40 bits per heavy atom. The molecule has 0 bridgehead atoms. The Morgan fingerprint density at radius 1 is 0.900 bits per heavy atom. The van der Waals surface area contributed by atoms with Crippen LogP contribution in [0.2, 0.25) is 4.18 Å². The predicted molar refractivity (Wildman–Crippen MR) is 56.6 cm³/mol. The maximum Gasteiger partial charge on any atom is -0.147 e. The molecule has 0 aliphatic carbocycles. The maximum absolute atomic E-state index is 2.27. The van der Waals surface area contributed by atoms with E-state index >= 15 is 0 Å². The van der Waals surface area contributed by atoms with E-state index in [1.54, 1.807) is 4.18 Å². The second-order valence-corrected chi connectivity index (χ2v) is 5.27. The van der Waals surface area contributed by atoms with Crippen LogP contribution in [0, 0.1) is 0 Å². The van der Waals surface area contributed by atoms with Gasteiger partial charge in [0.2, 0.25) is 0 Å². The first-order valence-electron chi connectivity index (χ1n) is 3.91. The van der Waals surface area contributed by atoms with Crippen LogP contribution < -0.4 is 0 Å². The largest absolute Gasteiger partial charge is 0.147 e. The standard InChI is InChI=1S/C7H15.2ClH.In.2H/c1-3-5-7-6-4-2;;;;;/h1,3-7H2,2H3;2*1H;;;. The van der Waals surface area contributed by atoms with Crippen molar-refractivity contribution in [1.29, 1.82) is 0 Å². The fraction of sp³-hybridized carbons (Fsp3) is 1.00. The molecule has 0 amide bonds. The average Bonchev–Trinajstić information content (AvgIpc) is 1.81. The van der Waals surface area contributed by atoms with E-state index in [0.717, 1.165) is 24.4 Å². The van der Waals surface area contributed by atoms with Crippen LogP contribution in [0.1, 0.15) is 39.0 Å². The van der Waals surface area contributed by atoms with Gasteiger partial charge in [0.25, 0.3) is 0 Å². The fourth-order valence-corrected chi connectivity index (χ4v) is 2.28. The Labute approximate surface area is 91.9 Å². The summed E-state index contributed by atoms with van der Waals surface area (Å²) in [6.07, 6.45) is 7.34. The van der Waals surface area contributed by atoms with Crippen molar-refractivity contribution < 1.29 is 0 Å². The van der Waals surface area contributed by atoms with Crippen LogP contribution in [-0.4, -0.2) is 24.4 Å². The van der Waals surface area contributed by atoms with E-state index in [2.05, 4.69) is 6.92 Å². The van der Waals surface area contributed by atoms with Crippen molar-refractivity contribution in [2.75, 3.05) is 0 Å². The van der Waals surface area contributed by atoms with Gasteiger partial charge in [-0.15, -0.1) is 24.8 Å². The Kier molecular flexibility index (Phi) is 29.4. The second-order valence-electron chi connectivity index (χ2n) is 2.41. The molecule has 3 heteroatoms. The van der Waals surface area contributed by atoms with Crippen molar-refractivity contribution in [3.63, 3.8) is 0 Å². The van der Waals surface area contributed by atoms with Gasteiger partial charge in [0.05, 0.1) is 0 Å². The molecule has 0 aliphatic rings. The monoisotopic (exact) mass is 288 g/mol. The first-order chi connectivity index (χ1) is 3.91. The molecule has 0 spiro atoms. The van der Waals surface area contributed by atoms with Gasteiger partial charge in [-0.3, -0.25) is 0 Å². The molecule has 0 rings (SSSR count). The van der Waals surface area contributed by atoms with Gasteiger partial charge in [-0.2, -0.15) is 0 Å². The van der Waals surface area contributed by atoms with Gasteiger partial charge in [0.15, 0.2) is 0 Å². The first-order valence-corrected chi connectivity index (χ1v) is 7.95. The number of hydrogen-bond acceptors (Lipinski definition) is 0. The molecule has 0 aliphatic heterocycles. The van der Waals surface area contributed by atoms with E-state index in [-0.39, 0.29) is 24.8 Å². The molecular weight excluding hydrogens is 270 g/mol. The fourth-order valence-electron chi connectivity index (χ4n) is 0.854. The van der Waals surface area contributed by atoms with E-state index in [0.29, 0.717) is 0 Å². The summed E-state index contributed by atoms with van der Waals surface area (Å²) in [5, 5.41) is 0. The van der Waals surface area contributed by atoms with Gasteiger partial charge in [-0.05, 0) is 0 Å². The third kappa shape index (κ3) is 16.2. The van der Waals surface area contributed by atoms with Crippen molar-refractivity contribution in [2.45, 2.75) is 43.2 Å². The summed E-state index contributed by atoms with van der Waals surface area (Å²) in [6, 6.07) is 0. The van der Waals surface area contributed by atoms with Gasteiger partial charge >= 0.3 is 67.6 Å². The van der Waals surface area contributed by atoms with Crippen molar-refractivity contribution in [3.05, 3.63) is 0 Å². The summed E-state index contributed by atoms with van der Waals surface area (Å²) < 4.78 is 1.57. The molecule has 0 heterocycles. The minimum absolute atomic E-state index is 0. The van der Waals surface area contributed by atoms with Crippen molar-refractivity contribution in [3.8, 4) is 0 Å². The zero-order chi connectivity index (χ0) is 6.24. The minimum atomic E-state index is 0. The van der Waals surface area contributed by atoms with Crippen LogP contribution >= 0.6 is 24.8 Å². The smallest absolute Gasteiger partial charge is 0.147 e.